The van der Waals surface area contributed by atoms with Crippen molar-refractivity contribution in [2.75, 3.05) is 30.3 Å². The molecule has 1 aliphatic heterocycles. The van der Waals surface area contributed by atoms with Gasteiger partial charge in [0.15, 0.2) is 11.0 Å². The number of benzene rings is 1. The molecule has 1 atom stereocenters. The second-order valence-corrected chi connectivity index (χ2v) is 11.2. The molecule has 3 aromatic heterocycles. The van der Waals surface area contributed by atoms with E-state index in [4.69, 9.17) is 0 Å². The zero-order valence-electron chi connectivity index (χ0n) is 21.7. The number of nitrogens with one attached hydrogen (secondary N) is 4. The molecule has 2 aliphatic rings. The molecule has 1 aliphatic carbocycles. The topological polar surface area (TPSA) is 132 Å². The number of hydrogen-bond acceptors (Lipinski definition) is 8. The quantitative estimate of drug-likeness (QED) is 0.251. The summed E-state index contributed by atoms with van der Waals surface area (Å²) < 4.78 is 1.87. The Morgan fingerprint density at radius 3 is 2.72 bits per heavy atom. The maximum Gasteiger partial charge on any atom is 0.238 e. The van der Waals surface area contributed by atoms with Gasteiger partial charge in [0.2, 0.25) is 17.8 Å². The Labute approximate surface area is 230 Å². The molecule has 2 fully saturated rings. The molecule has 1 aromatic carbocycles. The van der Waals surface area contributed by atoms with Crippen LogP contribution in [-0.4, -0.2) is 67.0 Å². The largest absolute Gasteiger partial charge is 0.353 e. The molecule has 0 bridgehead atoms. The Kier molecular flexibility index (Phi) is 7.20. The van der Waals surface area contributed by atoms with E-state index in [-0.39, 0.29) is 24.3 Å². The number of nitrogens with zero attached hydrogens (tertiary/aromatic N) is 5. The first kappa shape index (κ1) is 25.4. The van der Waals surface area contributed by atoms with Crippen LogP contribution in [0, 0.1) is 12.8 Å². The normalized spacial score (nSPS) is 17.7. The van der Waals surface area contributed by atoms with Crippen molar-refractivity contribution >= 4 is 46.7 Å². The van der Waals surface area contributed by atoms with Crippen molar-refractivity contribution in [2.24, 2.45) is 5.92 Å². The van der Waals surface area contributed by atoms with E-state index >= 15 is 0 Å². The molecule has 0 radical (unpaired) electrons. The number of amides is 2. The van der Waals surface area contributed by atoms with E-state index in [2.05, 4.69) is 41.0 Å². The molecule has 4 heterocycles. The number of aromatic amines is 1. The SMILES string of the molecule is Cc1cc(Nc2nc(Sc3ccc(NC(=O)CN4CCC(C(=O)NC5CCC5)C4)cc3)nc3cccn23)n[nH]1. The minimum Gasteiger partial charge on any atom is -0.353 e. The summed E-state index contributed by atoms with van der Waals surface area (Å²) in [6.45, 7) is 3.61. The van der Waals surface area contributed by atoms with Gasteiger partial charge in [0, 0.05) is 41.1 Å². The summed E-state index contributed by atoms with van der Waals surface area (Å²) in [5.74, 6) is 1.32. The Bertz CT molecular complexity index is 1480. The van der Waals surface area contributed by atoms with E-state index in [1.54, 1.807) is 0 Å². The van der Waals surface area contributed by atoms with Crippen LogP contribution < -0.4 is 16.0 Å². The molecule has 0 spiro atoms. The third kappa shape index (κ3) is 6.07. The van der Waals surface area contributed by atoms with E-state index < -0.39 is 0 Å². The number of aromatic nitrogens is 5. The van der Waals surface area contributed by atoms with Gasteiger partial charge in [-0.1, -0.05) is 0 Å². The van der Waals surface area contributed by atoms with E-state index in [1.165, 1.54) is 18.2 Å². The number of hydrogen-bond donors (Lipinski definition) is 4. The first-order valence-electron chi connectivity index (χ1n) is 13.2. The molecular formula is C27H31N9O2S. The first-order chi connectivity index (χ1) is 19.0. The summed E-state index contributed by atoms with van der Waals surface area (Å²) in [6, 6.07) is 13.7. The minimum absolute atomic E-state index is 0.0259. The molecule has 11 nitrogen and oxygen atoms in total. The fourth-order valence-corrected chi connectivity index (χ4v) is 5.57. The van der Waals surface area contributed by atoms with Crippen LogP contribution in [0.3, 0.4) is 0 Å². The number of carbonyl (C=O) groups excluding carboxylic acids is 2. The molecule has 6 rings (SSSR count). The van der Waals surface area contributed by atoms with E-state index in [1.807, 2.05) is 60.0 Å². The summed E-state index contributed by atoms with van der Waals surface area (Å²) in [5.41, 5.74) is 2.45. The Morgan fingerprint density at radius 1 is 1.13 bits per heavy atom. The number of anilines is 3. The number of rotatable bonds is 9. The van der Waals surface area contributed by atoms with Crippen LogP contribution in [0.1, 0.15) is 31.4 Å². The van der Waals surface area contributed by atoms with Crippen LogP contribution in [0.4, 0.5) is 17.5 Å². The predicted molar refractivity (Wildman–Crippen MR) is 149 cm³/mol. The van der Waals surface area contributed by atoms with Gasteiger partial charge in [-0.05, 0) is 87.3 Å². The minimum atomic E-state index is -0.0817. The molecule has 1 saturated carbocycles. The van der Waals surface area contributed by atoms with Gasteiger partial charge in [-0.2, -0.15) is 10.1 Å². The van der Waals surface area contributed by atoms with Crippen LogP contribution in [0.2, 0.25) is 0 Å². The lowest BCUT2D eigenvalue weighted by Crippen LogP contribution is -2.43. The van der Waals surface area contributed by atoms with Crippen molar-refractivity contribution < 1.29 is 9.59 Å². The molecule has 39 heavy (non-hydrogen) atoms. The van der Waals surface area contributed by atoms with Gasteiger partial charge >= 0.3 is 0 Å². The maximum atomic E-state index is 12.6. The molecule has 202 valence electrons. The lowest BCUT2D eigenvalue weighted by molar-refractivity contribution is -0.126. The van der Waals surface area contributed by atoms with Crippen molar-refractivity contribution in [1.29, 1.82) is 0 Å². The van der Waals surface area contributed by atoms with Crippen molar-refractivity contribution in [3.05, 3.63) is 54.4 Å². The molecule has 4 aromatic rings. The highest BCUT2D eigenvalue weighted by molar-refractivity contribution is 7.99. The summed E-state index contributed by atoms with van der Waals surface area (Å²) >= 11 is 1.44. The highest BCUT2D eigenvalue weighted by atomic mass is 32.2. The molecule has 12 heteroatoms. The fraction of sp³-hybridized carbons (Fsp3) is 0.370. The number of fused-ring (bicyclic) bond motifs is 1. The van der Waals surface area contributed by atoms with Crippen molar-refractivity contribution in [1.82, 2.24) is 34.8 Å². The first-order valence-corrected chi connectivity index (χ1v) is 14.0. The second-order valence-electron chi connectivity index (χ2n) is 10.2. The molecule has 1 saturated heterocycles. The van der Waals surface area contributed by atoms with Crippen LogP contribution in [0.25, 0.3) is 5.65 Å². The Hall–Kier alpha value is -3.90. The van der Waals surface area contributed by atoms with Gasteiger partial charge in [0.05, 0.1) is 12.5 Å². The van der Waals surface area contributed by atoms with Gasteiger partial charge in [0.25, 0.3) is 0 Å². The van der Waals surface area contributed by atoms with E-state index in [9.17, 15) is 9.59 Å². The molecule has 1 unspecified atom stereocenters. The van der Waals surface area contributed by atoms with Crippen molar-refractivity contribution in [3.8, 4) is 0 Å². The maximum absolute atomic E-state index is 12.6. The predicted octanol–water partition coefficient (Wildman–Crippen LogP) is 3.58. The van der Waals surface area contributed by atoms with Crippen molar-refractivity contribution in [2.45, 2.75) is 48.7 Å². The third-order valence-electron chi connectivity index (χ3n) is 7.12. The smallest absolute Gasteiger partial charge is 0.238 e. The highest BCUT2D eigenvalue weighted by Gasteiger charge is 2.31. The van der Waals surface area contributed by atoms with Gasteiger partial charge in [-0.3, -0.25) is 24.0 Å². The lowest BCUT2D eigenvalue weighted by atomic mass is 9.92. The van der Waals surface area contributed by atoms with Crippen LogP contribution in [0.5, 0.6) is 0 Å². The average Bonchev–Trinajstić information content (AvgIpc) is 3.64. The zero-order valence-corrected chi connectivity index (χ0v) is 22.5. The van der Waals surface area contributed by atoms with Gasteiger partial charge in [-0.15, -0.1) is 0 Å². The number of likely N-dealkylation sites (tertiary alicyclic amines) is 1. The number of aryl methyl sites for hydroxylation is 1. The summed E-state index contributed by atoms with van der Waals surface area (Å²) in [5, 5.41) is 17.1. The van der Waals surface area contributed by atoms with Gasteiger partial charge in [-0.25, -0.2) is 4.98 Å². The van der Waals surface area contributed by atoms with Crippen LogP contribution in [-0.2, 0) is 9.59 Å². The summed E-state index contributed by atoms with van der Waals surface area (Å²) in [7, 11) is 0. The highest BCUT2D eigenvalue weighted by Crippen LogP contribution is 2.28. The second kappa shape index (κ2) is 11.1. The third-order valence-corrected chi connectivity index (χ3v) is 8.00. The monoisotopic (exact) mass is 545 g/mol. The Balaban J connectivity index is 1.03. The lowest BCUT2D eigenvalue weighted by Gasteiger charge is -2.27. The van der Waals surface area contributed by atoms with Gasteiger partial charge < -0.3 is 16.0 Å². The van der Waals surface area contributed by atoms with Crippen molar-refractivity contribution in [3.63, 3.8) is 0 Å². The summed E-state index contributed by atoms with van der Waals surface area (Å²) in [6.07, 6.45) is 6.06. The summed E-state index contributed by atoms with van der Waals surface area (Å²) in [4.78, 5) is 37.4. The van der Waals surface area contributed by atoms with Gasteiger partial charge in [0.1, 0.15) is 5.65 Å². The van der Waals surface area contributed by atoms with Crippen LogP contribution >= 0.6 is 11.8 Å². The molecule has 4 N–H and O–H groups in total. The van der Waals surface area contributed by atoms with E-state index in [0.717, 1.165) is 47.7 Å². The molecule has 2 amide bonds. The average molecular weight is 546 g/mol. The number of H-pyrrole nitrogens is 1. The standard InChI is InChI=1S/C27H31N9O2S/c1-17-14-22(34-33-17)30-26-32-27(31-23-6-3-12-36(23)26)39-21-9-7-20(8-10-21)28-24(37)16-35-13-11-18(15-35)25(38)29-19-4-2-5-19/h3,6-10,12,14,18-19H,2,4-5,11,13,15-16H2,1H3,(H,28,37)(H,29,38)(H2,30,31,32,33,34). The Morgan fingerprint density at radius 2 is 1.97 bits per heavy atom. The fourth-order valence-electron chi connectivity index (χ4n) is 4.82. The van der Waals surface area contributed by atoms with E-state index in [0.29, 0.717) is 29.5 Å². The number of carbonyl (C=O) groups is 2. The van der Waals surface area contributed by atoms with Crippen LogP contribution in [0.15, 0.2) is 58.7 Å². The zero-order chi connectivity index (χ0) is 26.8. The molecular weight excluding hydrogens is 514 g/mol.